The summed E-state index contributed by atoms with van der Waals surface area (Å²) in [6, 6.07) is 13.9. The fourth-order valence-corrected chi connectivity index (χ4v) is 6.53. The Labute approximate surface area is 229 Å². The molecular weight excluding hydrogens is 488 g/mol. The summed E-state index contributed by atoms with van der Waals surface area (Å²) in [5.74, 6) is 1.96. The number of carbonyl (C=O) groups excluding carboxylic acids is 2. The van der Waals surface area contributed by atoms with Gasteiger partial charge in [-0.1, -0.05) is 63.3 Å². The third kappa shape index (κ3) is 5.29. The number of nitrogens with one attached hydrogen (secondary N) is 1. The molecular formula is C33H36N2O4. The maximum atomic E-state index is 13.3. The van der Waals surface area contributed by atoms with Crippen LogP contribution in [0.2, 0.25) is 0 Å². The van der Waals surface area contributed by atoms with Crippen molar-refractivity contribution in [2.75, 3.05) is 0 Å². The number of furan rings is 1. The molecule has 2 heterocycles. The molecule has 0 saturated heterocycles. The lowest BCUT2D eigenvalue weighted by Crippen LogP contribution is -2.36. The molecule has 2 aromatic carbocycles. The number of benzene rings is 2. The van der Waals surface area contributed by atoms with E-state index in [0.717, 1.165) is 40.2 Å². The molecule has 1 aromatic heterocycles. The molecule has 2 saturated carbocycles. The molecule has 202 valence electrons. The highest BCUT2D eigenvalue weighted by molar-refractivity contribution is 6.39. The van der Waals surface area contributed by atoms with E-state index in [1.165, 1.54) is 44.1 Å². The van der Waals surface area contributed by atoms with Crippen molar-refractivity contribution in [3.05, 3.63) is 77.1 Å². The van der Waals surface area contributed by atoms with Crippen molar-refractivity contribution in [3.8, 4) is 5.75 Å². The molecule has 2 aliphatic carbocycles. The number of rotatable bonds is 6. The quantitative estimate of drug-likeness (QED) is 0.273. The number of Topliss-reactive ketones (excluding diaryl/α,β-unsaturated/α-hetero) is 1. The average Bonchev–Trinajstić information content (AvgIpc) is 3.33. The summed E-state index contributed by atoms with van der Waals surface area (Å²) in [6.45, 7) is 4.79. The van der Waals surface area contributed by atoms with Crippen LogP contribution in [0.25, 0.3) is 11.0 Å². The predicted octanol–water partition coefficient (Wildman–Crippen LogP) is 7.18. The van der Waals surface area contributed by atoms with Gasteiger partial charge in [0.05, 0.1) is 18.3 Å². The molecule has 39 heavy (non-hydrogen) atoms. The third-order valence-electron chi connectivity index (χ3n) is 8.69. The number of nitrogens with zero attached hydrogens (tertiary/aromatic N) is 1. The largest absolute Gasteiger partial charge is 0.485 e. The van der Waals surface area contributed by atoms with Crippen LogP contribution in [0.5, 0.6) is 5.75 Å². The van der Waals surface area contributed by atoms with E-state index in [1.807, 2.05) is 24.3 Å². The SMILES string of the molecule is C=C1CC(=N)C(=O)CCC1N1Cc2c(OCc3cc4ccc(CC5CCCCCC5)cc4o3)cccc2C1=O. The van der Waals surface area contributed by atoms with E-state index < -0.39 is 0 Å². The second kappa shape index (κ2) is 10.8. The smallest absolute Gasteiger partial charge is 0.255 e. The topological polar surface area (TPSA) is 83.6 Å². The zero-order valence-electron chi connectivity index (χ0n) is 22.5. The third-order valence-corrected chi connectivity index (χ3v) is 8.69. The summed E-state index contributed by atoms with van der Waals surface area (Å²) in [4.78, 5) is 27.2. The van der Waals surface area contributed by atoms with Gasteiger partial charge in [0.25, 0.3) is 5.91 Å². The Hall–Kier alpha value is -3.67. The molecule has 3 aliphatic rings. The van der Waals surface area contributed by atoms with Crippen LogP contribution in [0.4, 0.5) is 0 Å². The summed E-state index contributed by atoms with van der Waals surface area (Å²) >= 11 is 0. The molecule has 2 fully saturated rings. The van der Waals surface area contributed by atoms with Crippen LogP contribution in [0, 0.1) is 11.3 Å². The van der Waals surface area contributed by atoms with Gasteiger partial charge >= 0.3 is 0 Å². The van der Waals surface area contributed by atoms with Crippen molar-refractivity contribution in [2.45, 2.75) is 83.4 Å². The highest BCUT2D eigenvalue weighted by Gasteiger charge is 2.37. The lowest BCUT2D eigenvalue weighted by molar-refractivity contribution is -0.113. The Morgan fingerprint density at radius 3 is 2.67 bits per heavy atom. The summed E-state index contributed by atoms with van der Waals surface area (Å²) in [5, 5.41) is 9.02. The minimum absolute atomic E-state index is 0.0765. The van der Waals surface area contributed by atoms with Gasteiger partial charge in [-0.15, -0.1) is 0 Å². The standard InChI is InChI=1S/C33H36N2O4/c1-21-15-28(34)30(36)14-13-29(21)35-19-27-26(33(35)37)9-6-10-31(27)38-20-25-18-24-12-11-23(17-32(24)39-25)16-22-7-4-2-3-5-8-22/h6,9-12,17-18,22,29,34H,1-5,7-8,13-16,19-20H2. The van der Waals surface area contributed by atoms with Crippen molar-refractivity contribution in [1.29, 1.82) is 5.41 Å². The van der Waals surface area contributed by atoms with Gasteiger partial charge in [-0.25, -0.2) is 0 Å². The van der Waals surface area contributed by atoms with Crippen molar-refractivity contribution >= 4 is 28.4 Å². The molecule has 1 atom stereocenters. The lowest BCUT2D eigenvalue weighted by Gasteiger charge is -2.28. The van der Waals surface area contributed by atoms with Gasteiger partial charge in [-0.2, -0.15) is 0 Å². The van der Waals surface area contributed by atoms with Gasteiger partial charge < -0.3 is 19.5 Å². The van der Waals surface area contributed by atoms with Crippen LogP contribution in [-0.4, -0.2) is 28.3 Å². The zero-order valence-corrected chi connectivity index (χ0v) is 22.5. The second-order valence-electron chi connectivity index (χ2n) is 11.4. The van der Waals surface area contributed by atoms with E-state index >= 15 is 0 Å². The first-order valence-electron chi connectivity index (χ1n) is 14.3. The van der Waals surface area contributed by atoms with Crippen LogP contribution in [0.3, 0.4) is 0 Å². The van der Waals surface area contributed by atoms with Crippen molar-refractivity contribution in [3.63, 3.8) is 0 Å². The first kappa shape index (κ1) is 25.6. The van der Waals surface area contributed by atoms with Gasteiger partial charge in [0.1, 0.15) is 23.7 Å². The molecule has 3 aromatic rings. The van der Waals surface area contributed by atoms with E-state index in [-0.39, 0.29) is 42.9 Å². The summed E-state index contributed by atoms with van der Waals surface area (Å²) < 4.78 is 12.4. The van der Waals surface area contributed by atoms with E-state index in [4.69, 9.17) is 14.6 Å². The molecule has 0 spiro atoms. The molecule has 1 N–H and O–H groups in total. The number of fused-ring (bicyclic) bond motifs is 2. The van der Waals surface area contributed by atoms with Gasteiger partial charge in [-0.05, 0) is 54.2 Å². The van der Waals surface area contributed by atoms with E-state index in [0.29, 0.717) is 24.3 Å². The summed E-state index contributed by atoms with van der Waals surface area (Å²) in [6.07, 6.45) is 10.2. The minimum Gasteiger partial charge on any atom is -0.485 e. The summed E-state index contributed by atoms with van der Waals surface area (Å²) in [5.41, 5.74) is 4.54. The average molecular weight is 525 g/mol. The highest BCUT2D eigenvalue weighted by atomic mass is 16.5. The molecule has 0 radical (unpaired) electrons. The Kier molecular flexibility index (Phi) is 7.11. The number of ether oxygens (including phenoxy) is 1. The maximum absolute atomic E-state index is 13.3. The molecule has 1 aliphatic heterocycles. The molecule has 1 amide bonds. The maximum Gasteiger partial charge on any atom is 0.255 e. The monoisotopic (exact) mass is 524 g/mol. The normalized spacial score (nSPS) is 20.8. The van der Waals surface area contributed by atoms with Crippen LogP contribution in [0.1, 0.15) is 85.0 Å². The Balaban J connectivity index is 1.15. The van der Waals surface area contributed by atoms with Crippen LogP contribution in [-0.2, 0) is 24.4 Å². The van der Waals surface area contributed by atoms with E-state index in [2.05, 4.69) is 24.8 Å². The van der Waals surface area contributed by atoms with Crippen LogP contribution >= 0.6 is 0 Å². The number of amides is 1. The zero-order chi connectivity index (χ0) is 26.9. The molecule has 0 bridgehead atoms. The van der Waals surface area contributed by atoms with E-state index in [1.54, 1.807) is 4.90 Å². The number of ketones is 1. The van der Waals surface area contributed by atoms with Crippen molar-refractivity contribution in [1.82, 2.24) is 4.90 Å². The number of carbonyl (C=O) groups is 2. The molecule has 6 nitrogen and oxygen atoms in total. The Morgan fingerprint density at radius 1 is 1.03 bits per heavy atom. The Bertz CT molecular complexity index is 1440. The summed E-state index contributed by atoms with van der Waals surface area (Å²) in [7, 11) is 0. The number of hydrogen-bond acceptors (Lipinski definition) is 5. The van der Waals surface area contributed by atoms with Crippen LogP contribution < -0.4 is 4.74 Å². The first-order chi connectivity index (χ1) is 19.0. The minimum atomic E-state index is -0.257. The predicted molar refractivity (Wildman–Crippen MR) is 151 cm³/mol. The lowest BCUT2D eigenvalue weighted by atomic mass is 9.92. The molecule has 6 heteroatoms. The van der Waals surface area contributed by atoms with Crippen molar-refractivity contribution < 1.29 is 18.7 Å². The second-order valence-corrected chi connectivity index (χ2v) is 11.4. The van der Waals surface area contributed by atoms with Gasteiger partial charge in [-0.3, -0.25) is 9.59 Å². The first-order valence-corrected chi connectivity index (χ1v) is 14.3. The molecule has 1 unspecified atom stereocenters. The highest BCUT2D eigenvalue weighted by Crippen LogP contribution is 2.36. The fourth-order valence-electron chi connectivity index (χ4n) is 6.53. The van der Waals surface area contributed by atoms with Gasteiger partial charge in [0.2, 0.25) is 0 Å². The van der Waals surface area contributed by atoms with Gasteiger partial charge in [0.15, 0.2) is 5.78 Å². The van der Waals surface area contributed by atoms with Gasteiger partial charge in [0, 0.05) is 29.4 Å². The number of hydrogen-bond donors (Lipinski definition) is 1. The van der Waals surface area contributed by atoms with Crippen molar-refractivity contribution in [2.24, 2.45) is 5.92 Å². The Morgan fingerprint density at radius 2 is 1.85 bits per heavy atom. The van der Waals surface area contributed by atoms with E-state index in [9.17, 15) is 9.59 Å². The fraction of sp³-hybridized carbons (Fsp3) is 0.424. The van der Waals surface area contributed by atoms with Crippen LogP contribution in [0.15, 0.2) is 59.0 Å². The molecule has 6 rings (SSSR count).